The summed E-state index contributed by atoms with van der Waals surface area (Å²) < 4.78 is 6.19. The van der Waals surface area contributed by atoms with Gasteiger partial charge in [0.25, 0.3) is 5.91 Å². The molecule has 0 aromatic heterocycles. The summed E-state index contributed by atoms with van der Waals surface area (Å²) in [7, 11) is 0. The number of nitrogens with zero attached hydrogens (tertiary/aromatic N) is 1. The second-order valence-corrected chi connectivity index (χ2v) is 8.90. The molecule has 0 heterocycles. The van der Waals surface area contributed by atoms with Crippen molar-refractivity contribution in [2.45, 2.75) is 0 Å². The Morgan fingerprint density at radius 2 is 1.38 bits per heavy atom. The normalized spacial score (nSPS) is 10.5. The van der Waals surface area contributed by atoms with Gasteiger partial charge in [0, 0.05) is 10.2 Å². The molecule has 0 atom stereocenters. The van der Waals surface area contributed by atoms with E-state index in [4.69, 9.17) is 4.74 Å². The van der Waals surface area contributed by atoms with E-state index >= 15 is 0 Å². The molecule has 3 N–H and O–H groups in total. The van der Waals surface area contributed by atoms with E-state index in [1.54, 1.807) is 84.9 Å². The molecule has 4 aromatic carbocycles. The van der Waals surface area contributed by atoms with Gasteiger partial charge in [-0.3, -0.25) is 14.4 Å². The number of nitrogens with one attached hydrogen (secondary N) is 3. The van der Waals surface area contributed by atoms with Crippen LogP contribution < -0.4 is 20.8 Å². The maximum absolute atomic E-state index is 12.7. The van der Waals surface area contributed by atoms with Crippen LogP contribution in [0.2, 0.25) is 0 Å². The molecule has 9 nitrogen and oxygen atoms in total. The van der Waals surface area contributed by atoms with E-state index in [9.17, 15) is 19.2 Å². The molecule has 4 rings (SSSR count). The third kappa shape index (κ3) is 7.70. The van der Waals surface area contributed by atoms with Gasteiger partial charge in [-0.2, -0.15) is 5.10 Å². The lowest BCUT2D eigenvalue weighted by Gasteiger charge is -2.11. The third-order valence-electron chi connectivity index (χ3n) is 5.21. The Bertz CT molecular complexity index is 1520. The van der Waals surface area contributed by atoms with E-state index < -0.39 is 23.7 Å². The molecule has 0 bridgehead atoms. The lowest BCUT2D eigenvalue weighted by Crippen LogP contribution is -2.33. The SMILES string of the molecule is O=C(NN=Cc1ccc(OC(=O)c2ccc(Br)cc2)cc1)C(=O)Nc1ccccc1C(=O)Nc1ccccc1. The van der Waals surface area contributed by atoms with Gasteiger partial charge in [-0.1, -0.05) is 46.3 Å². The first-order valence-corrected chi connectivity index (χ1v) is 12.4. The van der Waals surface area contributed by atoms with Crippen LogP contribution in [0, 0.1) is 0 Å². The number of hydrogen-bond donors (Lipinski definition) is 3. The van der Waals surface area contributed by atoms with Crippen LogP contribution in [0.1, 0.15) is 26.3 Å². The number of amides is 3. The molecule has 0 aliphatic carbocycles. The summed E-state index contributed by atoms with van der Waals surface area (Å²) in [5, 5.41) is 8.95. The Kier molecular flexibility index (Phi) is 8.94. The van der Waals surface area contributed by atoms with Gasteiger partial charge in [-0.25, -0.2) is 10.2 Å². The number of carbonyl (C=O) groups excluding carboxylic acids is 4. The second-order valence-electron chi connectivity index (χ2n) is 7.98. The summed E-state index contributed by atoms with van der Waals surface area (Å²) in [5.41, 5.74) is 4.08. The Labute approximate surface area is 232 Å². The molecule has 0 spiro atoms. The van der Waals surface area contributed by atoms with Crippen molar-refractivity contribution in [2.75, 3.05) is 10.6 Å². The molecule has 10 heteroatoms. The van der Waals surface area contributed by atoms with Crippen molar-refractivity contribution in [1.82, 2.24) is 5.43 Å². The maximum atomic E-state index is 12.7. The number of ether oxygens (including phenoxy) is 1. The fourth-order valence-electron chi connectivity index (χ4n) is 3.28. The van der Waals surface area contributed by atoms with Gasteiger partial charge in [0.2, 0.25) is 0 Å². The average Bonchev–Trinajstić information content (AvgIpc) is 2.95. The zero-order valence-electron chi connectivity index (χ0n) is 20.3. The number of hydrogen-bond acceptors (Lipinski definition) is 6. The van der Waals surface area contributed by atoms with Gasteiger partial charge in [0.1, 0.15) is 5.75 Å². The molecule has 194 valence electrons. The second kappa shape index (κ2) is 12.9. The first-order chi connectivity index (χ1) is 18.9. The number of anilines is 2. The van der Waals surface area contributed by atoms with Crippen LogP contribution in [-0.2, 0) is 9.59 Å². The minimum Gasteiger partial charge on any atom is -0.423 e. The minimum atomic E-state index is -1.02. The van der Waals surface area contributed by atoms with Crippen LogP contribution in [0.25, 0.3) is 0 Å². The fourth-order valence-corrected chi connectivity index (χ4v) is 3.54. The first-order valence-electron chi connectivity index (χ1n) is 11.6. The van der Waals surface area contributed by atoms with Crippen molar-refractivity contribution in [1.29, 1.82) is 0 Å². The molecule has 0 radical (unpaired) electrons. The lowest BCUT2D eigenvalue weighted by atomic mass is 10.1. The largest absolute Gasteiger partial charge is 0.423 e. The van der Waals surface area contributed by atoms with Crippen LogP contribution in [0.3, 0.4) is 0 Å². The van der Waals surface area contributed by atoms with Gasteiger partial charge in [-0.05, 0) is 78.4 Å². The summed E-state index contributed by atoms with van der Waals surface area (Å²) in [5.74, 6) is -2.63. The van der Waals surface area contributed by atoms with Gasteiger partial charge in [0.15, 0.2) is 0 Å². The Hall–Kier alpha value is -5.09. The predicted octanol–water partition coefficient (Wildman–Crippen LogP) is 5.01. The molecule has 0 fully saturated rings. The number of halogens is 1. The number of hydrazone groups is 1. The van der Waals surface area contributed by atoms with Crippen LogP contribution >= 0.6 is 15.9 Å². The molecule has 0 unspecified atom stereocenters. The summed E-state index contributed by atoms with van der Waals surface area (Å²) in [6.07, 6.45) is 1.33. The number of para-hydroxylation sites is 2. The molecule has 4 aromatic rings. The smallest absolute Gasteiger partial charge is 0.343 e. The molecule has 3 amide bonds. The zero-order valence-corrected chi connectivity index (χ0v) is 21.8. The standard InChI is InChI=1S/C29H21BrN4O5/c30-21-14-12-20(13-15-21)29(38)39-23-16-10-19(11-17-23)18-31-34-28(37)27(36)33-25-9-5-4-8-24(25)26(35)32-22-6-2-1-3-7-22/h1-18H,(H,32,35)(H,33,36)(H,34,37). The molecular weight excluding hydrogens is 564 g/mol. The highest BCUT2D eigenvalue weighted by Gasteiger charge is 2.18. The number of esters is 1. The summed E-state index contributed by atoms with van der Waals surface area (Å²) in [6, 6.07) is 28.3. The van der Waals surface area contributed by atoms with Crippen molar-refractivity contribution < 1.29 is 23.9 Å². The van der Waals surface area contributed by atoms with Gasteiger partial charge >= 0.3 is 17.8 Å². The predicted molar refractivity (Wildman–Crippen MR) is 151 cm³/mol. The lowest BCUT2D eigenvalue weighted by molar-refractivity contribution is -0.136. The van der Waals surface area contributed by atoms with Crippen LogP contribution in [0.5, 0.6) is 5.75 Å². The number of benzene rings is 4. The highest BCUT2D eigenvalue weighted by Crippen LogP contribution is 2.18. The van der Waals surface area contributed by atoms with Crippen molar-refractivity contribution in [2.24, 2.45) is 5.10 Å². The van der Waals surface area contributed by atoms with Crippen molar-refractivity contribution in [3.63, 3.8) is 0 Å². The Balaban J connectivity index is 1.30. The Morgan fingerprint density at radius 3 is 2.10 bits per heavy atom. The number of carbonyl (C=O) groups is 4. The van der Waals surface area contributed by atoms with Gasteiger partial charge in [0.05, 0.1) is 23.0 Å². The zero-order chi connectivity index (χ0) is 27.6. The molecule has 0 saturated carbocycles. The van der Waals surface area contributed by atoms with Crippen molar-refractivity contribution in [3.8, 4) is 5.75 Å². The van der Waals surface area contributed by atoms with E-state index in [0.29, 0.717) is 22.6 Å². The van der Waals surface area contributed by atoms with Crippen LogP contribution in [0.15, 0.2) is 113 Å². The maximum Gasteiger partial charge on any atom is 0.343 e. The molecule has 0 aliphatic heterocycles. The van der Waals surface area contributed by atoms with Gasteiger partial charge in [-0.15, -0.1) is 0 Å². The van der Waals surface area contributed by atoms with E-state index in [1.165, 1.54) is 18.3 Å². The fraction of sp³-hybridized carbons (Fsp3) is 0. The highest BCUT2D eigenvalue weighted by molar-refractivity contribution is 9.10. The molecule has 39 heavy (non-hydrogen) atoms. The Morgan fingerprint density at radius 1 is 0.718 bits per heavy atom. The summed E-state index contributed by atoms with van der Waals surface area (Å²) in [6.45, 7) is 0. The number of rotatable bonds is 7. The molecule has 0 aliphatic rings. The first kappa shape index (κ1) is 27.0. The van der Waals surface area contributed by atoms with Crippen LogP contribution in [-0.4, -0.2) is 29.9 Å². The monoisotopic (exact) mass is 584 g/mol. The minimum absolute atomic E-state index is 0.170. The summed E-state index contributed by atoms with van der Waals surface area (Å²) in [4.78, 5) is 49.5. The van der Waals surface area contributed by atoms with Crippen molar-refractivity contribution >= 4 is 57.2 Å². The topological polar surface area (TPSA) is 126 Å². The van der Waals surface area contributed by atoms with E-state index in [2.05, 4.69) is 37.1 Å². The van der Waals surface area contributed by atoms with Crippen LogP contribution in [0.4, 0.5) is 11.4 Å². The third-order valence-corrected chi connectivity index (χ3v) is 5.74. The van der Waals surface area contributed by atoms with Gasteiger partial charge < -0.3 is 15.4 Å². The van der Waals surface area contributed by atoms with E-state index in [-0.39, 0.29) is 11.3 Å². The molecular formula is C29H21BrN4O5. The average molecular weight is 585 g/mol. The molecule has 0 saturated heterocycles. The van der Waals surface area contributed by atoms with E-state index in [0.717, 1.165) is 4.47 Å². The summed E-state index contributed by atoms with van der Waals surface area (Å²) >= 11 is 3.31. The highest BCUT2D eigenvalue weighted by atomic mass is 79.9. The quantitative estimate of drug-likeness (QED) is 0.0925. The van der Waals surface area contributed by atoms with E-state index in [1.807, 2.05) is 6.07 Å². The van der Waals surface area contributed by atoms with Crippen molar-refractivity contribution in [3.05, 3.63) is 124 Å².